The number of piperazine rings is 1. The van der Waals surface area contributed by atoms with Gasteiger partial charge < -0.3 is 14.8 Å². The lowest BCUT2D eigenvalue weighted by molar-refractivity contribution is -0.135. The third-order valence-corrected chi connectivity index (χ3v) is 4.83. The molecule has 1 aliphatic carbocycles. The van der Waals surface area contributed by atoms with E-state index in [-0.39, 0.29) is 18.4 Å². The van der Waals surface area contributed by atoms with Gasteiger partial charge in [0.15, 0.2) is 0 Å². The summed E-state index contributed by atoms with van der Waals surface area (Å²) < 4.78 is 0. The number of aromatic nitrogens is 1. The van der Waals surface area contributed by atoms with Crippen molar-refractivity contribution in [3.63, 3.8) is 0 Å². The minimum atomic E-state index is -0.0500. The van der Waals surface area contributed by atoms with E-state index < -0.39 is 0 Å². The van der Waals surface area contributed by atoms with Crippen molar-refractivity contribution in [1.29, 1.82) is 0 Å². The molecule has 1 aromatic carbocycles. The summed E-state index contributed by atoms with van der Waals surface area (Å²) >= 11 is 0. The minimum absolute atomic E-state index is 0.0500. The van der Waals surface area contributed by atoms with Crippen LogP contribution in [0.15, 0.2) is 42.7 Å². The van der Waals surface area contributed by atoms with Crippen LogP contribution < -0.4 is 0 Å². The molecule has 0 radical (unpaired) electrons. The first-order chi connectivity index (χ1) is 11.7. The number of aromatic amines is 1. The average molecular weight is 323 g/mol. The predicted molar refractivity (Wildman–Crippen MR) is 90.7 cm³/mol. The summed E-state index contributed by atoms with van der Waals surface area (Å²) in [6.07, 6.45) is 6.56. The lowest BCUT2D eigenvalue weighted by Gasteiger charge is -2.34. The lowest BCUT2D eigenvalue weighted by Crippen LogP contribution is -2.52. The van der Waals surface area contributed by atoms with Crippen molar-refractivity contribution < 1.29 is 9.59 Å². The average Bonchev–Trinajstić information content (AvgIpc) is 3.34. The van der Waals surface area contributed by atoms with Gasteiger partial charge in [-0.25, -0.2) is 0 Å². The summed E-state index contributed by atoms with van der Waals surface area (Å²) in [7, 11) is 0. The Balaban J connectivity index is 1.47. The number of hydrogen-bond acceptors (Lipinski definition) is 2. The molecule has 5 nitrogen and oxygen atoms in total. The molecule has 2 amide bonds. The van der Waals surface area contributed by atoms with E-state index in [1.54, 1.807) is 11.1 Å². The number of carbonyl (C=O) groups is 2. The molecule has 2 aromatic rings. The van der Waals surface area contributed by atoms with Crippen LogP contribution in [-0.2, 0) is 11.2 Å². The normalized spacial score (nSPS) is 18.1. The molecule has 1 saturated heterocycles. The van der Waals surface area contributed by atoms with Gasteiger partial charge in [0.2, 0.25) is 5.91 Å². The van der Waals surface area contributed by atoms with E-state index in [1.807, 2.05) is 29.3 Å². The highest BCUT2D eigenvalue weighted by molar-refractivity contribution is 5.98. The minimum Gasteiger partial charge on any atom is -0.367 e. The van der Waals surface area contributed by atoms with Crippen LogP contribution in [0.1, 0.15) is 34.3 Å². The maximum Gasteiger partial charge on any atom is 0.256 e. The van der Waals surface area contributed by atoms with Crippen LogP contribution in [0.2, 0.25) is 0 Å². The third-order valence-electron chi connectivity index (χ3n) is 4.83. The van der Waals surface area contributed by atoms with Gasteiger partial charge in [-0.1, -0.05) is 30.3 Å². The highest BCUT2D eigenvalue weighted by Gasteiger charge is 2.37. The van der Waals surface area contributed by atoms with E-state index in [1.165, 1.54) is 5.56 Å². The molecular weight excluding hydrogens is 302 g/mol. The van der Waals surface area contributed by atoms with Gasteiger partial charge in [0, 0.05) is 31.5 Å². The topological polar surface area (TPSA) is 56.4 Å². The summed E-state index contributed by atoms with van der Waals surface area (Å²) in [4.78, 5) is 31.8. The zero-order valence-corrected chi connectivity index (χ0v) is 13.6. The van der Waals surface area contributed by atoms with Crippen LogP contribution in [0.4, 0.5) is 0 Å². The summed E-state index contributed by atoms with van der Waals surface area (Å²) in [5.41, 5.74) is 2.82. The third kappa shape index (κ3) is 2.94. The lowest BCUT2D eigenvalue weighted by atomic mass is 10.0. The maximum absolute atomic E-state index is 12.8. The molecule has 2 heterocycles. The van der Waals surface area contributed by atoms with Crippen molar-refractivity contribution in [1.82, 2.24) is 14.8 Å². The van der Waals surface area contributed by atoms with Gasteiger partial charge in [0.25, 0.3) is 5.91 Å². The molecule has 0 atom stereocenters. The first-order valence-corrected chi connectivity index (χ1v) is 8.50. The summed E-state index contributed by atoms with van der Waals surface area (Å²) in [5.74, 6) is 0.0308. The fourth-order valence-corrected chi connectivity index (χ4v) is 3.36. The van der Waals surface area contributed by atoms with Gasteiger partial charge in [0.1, 0.15) is 6.54 Å². The molecule has 1 saturated carbocycles. The fourth-order valence-electron chi connectivity index (χ4n) is 3.36. The zero-order chi connectivity index (χ0) is 16.5. The van der Waals surface area contributed by atoms with E-state index in [4.69, 9.17) is 0 Å². The number of benzene rings is 1. The van der Waals surface area contributed by atoms with Crippen molar-refractivity contribution in [2.24, 2.45) is 0 Å². The number of hydrogen-bond donors (Lipinski definition) is 1. The van der Waals surface area contributed by atoms with Crippen molar-refractivity contribution >= 4 is 11.8 Å². The summed E-state index contributed by atoms with van der Waals surface area (Å²) in [5, 5.41) is 0. The first kappa shape index (κ1) is 15.0. The molecule has 5 heteroatoms. The summed E-state index contributed by atoms with van der Waals surface area (Å²) in [6.45, 7) is 1.48. The molecule has 4 rings (SSSR count). The van der Waals surface area contributed by atoms with Crippen molar-refractivity contribution in [2.45, 2.75) is 25.3 Å². The monoisotopic (exact) mass is 323 g/mol. The van der Waals surface area contributed by atoms with Gasteiger partial charge in [-0.3, -0.25) is 9.59 Å². The number of amides is 2. The van der Waals surface area contributed by atoms with Gasteiger partial charge in [-0.15, -0.1) is 0 Å². The summed E-state index contributed by atoms with van der Waals surface area (Å²) in [6, 6.07) is 10.5. The van der Waals surface area contributed by atoms with Crippen LogP contribution in [0.5, 0.6) is 0 Å². The number of nitrogens with zero attached hydrogens (tertiary/aromatic N) is 2. The van der Waals surface area contributed by atoms with E-state index in [9.17, 15) is 9.59 Å². The molecule has 0 bridgehead atoms. The van der Waals surface area contributed by atoms with Gasteiger partial charge in [-0.2, -0.15) is 0 Å². The molecule has 0 unspecified atom stereocenters. The highest BCUT2D eigenvalue weighted by atomic mass is 16.2. The van der Waals surface area contributed by atoms with Crippen molar-refractivity contribution in [3.05, 3.63) is 59.4 Å². The molecule has 1 N–H and O–H groups in total. The molecule has 1 aromatic heterocycles. The molecule has 2 aliphatic rings. The molecule has 2 fully saturated rings. The Kier molecular flexibility index (Phi) is 3.84. The second-order valence-corrected chi connectivity index (χ2v) is 6.60. The van der Waals surface area contributed by atoms with Crippen LogP contribution in [0, 0.1) is 0 Å². The Hall–Kier alpha value is -2.56. The molecule has 24 heavy (non-hydrogen) atoms. The fraction of sp³-hybridized carbons (Fsp3) is 0.368. The Morgan fingerprint density at radius 3 is 2.62 bits per heavy atom. The van der Waals surface area contributed by atoms with E-state index >= 15 is 0 Å². The number of nitrogens with one attached hydrogen (secondary N) is 1. The first-order valence-electron chi connectivity index (χ1n) is 8.50. The largest absolute Gasteiger partial charge is 0.367 e. The molecule has 0 spiro atoms. The Labute approximate surface area is 141 Å². The maximum atomic E-state index is 12.8. The zero-order valence-electron chi connectivity index (χ0n) is 13.6. The highest BCUT2D eigenvalue weighted by Crippen LogP contribution is 2.28. The second kappa shape index (κ2) is 6.15. The van der Waals surface area contributed by atoms with Crippen LogP contribution in [0.3, 0.4) is 0 Å². The standard InChI is InChI=1S/C19H21N3O2/c23-18-13-21(8-9-22(18)16-6-7-16)19(24)17-12-20-11-15(17)10-14-4-2-1-3-5-14/h1-5,11-12,16,20H,6-10,13H2. The number of H-pyrrole nitrogens is 1. The Morgan fingerprint density at radius 2 is 1.92 bits per heavy atom. The van der Waals surface area contributed by atoms with Gasteiger partial charge in [-0.05, 0) is 30.4 Å². The molecular formula is C19H21N3O2. The van der Waals surface area contributed by atoms with Crippen molar-refractivity contribution in [3.8, 4) is 0 Å². The SMILES string of the molecule is O=C(c1c[nH]cc1Cc1ccccc1)N1CCN(C2CC2)C(=O)C1. The Morgan fingerprint density at radius 1 is 1.12 bits per heavy atom. The number of carbonyl (C=O) groups excluding carboxylic acids is 2. The second-order valence-electron chi connectivity index (χ2n) is 6.60. The van der Waals surface area contributed by atoms with Crippen LogP contribution in [-0.4, -0.2) is 52.3 Å². The number of rotatable bonds is 4. The quantitative estimate of drug-likeness (QED) is 0.936. The molecule has 1 aliphatic heterocycles. The molecule has 124 valence electrons. The Bertz CT molecular complexity index is 749. The van der Waals surface area contributed by atoms with Crippen LogP contribution in [0.25, 0.3) is 0 Å². The predicted octanol–water partition coefficient (Wildman–Crippen LogP) is 2.05. The van der Waals surface area contributed by atoms with E-state index in [0.717, 1.165) is 18.4 Å². The van der Waals surface area contributed by atoms with E-state index in [2.05, 4.69) is 17.1 Å². The van der Waals surface area contributed by atoms with Crippen LogP contribution >= 0.6 is 0 Å². The van der Waals surface area contributed by atoms with Crippen molar-refractivity contribution in [2.75, 3.05) is 19.6 Å². The van der Waals surface area contributed by atoms with Gasteiger partial charge in [0.05, 0.1) is 5.56 Å². The van der Waals surface area contributed by atoms with E-state index in [0.29, 0.717) is 31.1 Å². The smallest absolute Gasteiger partial charge is 0.256 e. The van der Waals surface area contributed by atoms with Gasteiger partial charge >= 0.3 is 0 Å².